The molecule has 33 heavy (non-hydrogen) atoms. The van der Waals surface area contributed by atoms with Crippen molar-refractivity contribution in [1.82, 2.24) is 24.7 Å². The zero-order valence-corrected chi connectivity index (χ0v) is 19.7. The van der Waals surface area contributed by atoms with Gasteiger partial charge in [-0.05, 0) is 61.0 Å². The minimum atomic E-state index is -0.103. The Kier molecular flexibility index (Phi) is 5.89. The predicted octanol–water partition coefficient (Wildman–Crippen LogP) is 5.19. The van der Waals surface area contributed by atoms with Crippen LogP contribution in [-0.2, 0) is 11.8 Å². The van der Waals surface area contributed by atoms with E-state index in [2.05, 4.69) is 39.6 Å². The van der Waals surface area contributed by atoms with Gasteiger partial charge in [-0.25, -0.2) is 4.98 Å². The van der Waals surface area contributed by atoms with E-state index in [0.717, 1.165) is 27.3 Å². The number of rotatable bonds is 6. The summed E-state index contributed by atoms with van der Waals surface area (Å²) < 4.78 is 3.04. The van der Waals surface area contributed by atoms with Crippen molar-refractivity contribution in [3.63, 3.8) is 0 Å². The number of carbonyl (C=O) groups excluding carboxylic acids is 1. The second-order valence-corrected chi connectivity index (χ2v) is 9.48. The first-order chi connectivity index (χ1) is 16.1. The Balaban J connectivity index is 1.21. The third-order valence-electron chi connectivity index (χ3n) is 5.05. The molecule has 1 amide bonds. The lowest BCUT2D eigenvalue weighted by atomic mass is 10.2. The molecule has 3 heterocycles. The molecule has 3 aromatic heterocycles. The van der Waals surface area contributed by atoms with Crippen LogP contribution in [-0.4, -0.2) is 36.4 Å². The molecule has 0 aliphatic heterocycles. The van der Waals surface area contributed by atoms with Crippen molar-refractivity contribution in [2.45, 2.75) is 12.1 Å². The quantitative estimate of drug-likeness (QED) is 0.342. The summed E-state index contributed by atoms with van der Waals surface area (Å²) in [5, 5.41) is 13.0. The number of carbonyl (C=O) groups is 1. The smallest absolute Gasteiger partial charge is 0.234 e. The van der Waals surface area contributed by atoms with Crippen LogP contribution in [0.25, 0.3) is 32.2 Å². The molecule has 0 bridgehead atoms. The fraction of sp³-hybridized carbons (Fsp3) is 0.125. The number of hydrogen-bond donors (Lipinski definition) is 1. The second-order valence-electron chi connectivity index (χ2n) is 7.51. The normalized spacial score (nSPS) is 11.1. The molecule has 0 aliphatic carbocycles. The summed E-state index contributed by atoms with van der Waals surface area (Å²) in [6.07, 6.45) is 3.45. The summed E-state index contributed by atoms with van der Waals surface area (Å²) in [5.41, 5.74) is 4.89. The zero-order valence-electron chi connectivity index (χ0n) is 18.0. The number of fused-ring (bicyclic) bond motifs is 1. The maximum absolute atomic E-state index is 12.5. The SMILES string of the molecule is Cc1ccc2nc(-c3ccc(NC(=O)CSc4nnc(-c5cccnc5)n4C)cc3)sc2c1. The third kappa shape index (κ3) is 4.64. The van der Waals surface area contributed by atoms with Crippen molar-refractivity contribution in [2.24, 2.45) is 7.05 Å². The Morgan fingerprint density at radius 3 is 2.73 bits per heavy atom. The summed E-state index contributed by atoms with van der Waals surface area (Å²) in [5.74, 6) is 0.846. The third-order valence-corrected chi connectivity index (χ3v) is 7.13. The molecule has 164 valence electrons. The van der Waals surface area contributed by atoms with Gasteiger partial charge in [0.15, 0.2) is 11.0 Å². The van der Waals surface area contributed by atoms with E-state index in [1.807, 2.05) is 54.1 Å². The van der Waals surface area contributed by atoms with Crippen LogP contribution in [0, 0.1) is 6.92 Å². The molecule has 9 heteroatoms. The van der Waals surface area contributed by atoms with Crippen molar-refractivity contribution in [3.05, 3.63) is 72.6 Å². The lowest BCUT2D eigenvalue weighted by Crippen LogP contribution is -2.14. The van der Waals surface area contributed by atoms with Gasteiger partial charge in [-0.15, -0.1) is 21.5 Å². The van der Waals surface area contributed by atoms with Crippen LogP contribution in [0.15, 0.2) is 72.1 Å². The van der Waals surface area contributed by atoms with E-state index in [9.17, 15) is 4.79 Å². The van der Waals surface area contributed by atoms with Crippen LogP contribution in [0.4, 0.5) is 5.69 Å². The molecule has 0 atom stereocenters. The molecule has 5 rings (SSSR count). The highest BCUT2D eigenvalue weighted by Crippen LogP contribution is 2.31. The number of aryl methyl sites for hydroxylation is 1. The van der Waals surface area contributed by atoms with E-state index in [4.69, 9.17) is 4.98 Å². The van der Waals surface area contributed by atoms with E-state index in [-0.39, 0.29) is 11.7 Å². The van der Waals surface area contributed by atoms with Crippen molar-refractivity contribution in [2.75, 3.05) is 11.1 Å². The van der Waals surface area contributed by atoms with Crippen molar-refractivity contribution >= 4 is 44.9 Å². The van der Waals surface area contributed by atoms with Gasteiger partial charge >= 0.3 is 0 Å². The number of nitrogens with zero attached hydrogens (tertiary/aromatic N) is 5. The average Bonchev–Trinajstić information content (AvgIpc) is 3.41. The largest absolute Gasteiger partial charge is 0.325 e. The van der Waals surface area contributed by atoms with E-state index in [1.165, 1.54) is 22.0 Å². The van der Waals surface area contributed by atoms with Gasteiger partial charge in [0.1, 0.15) is 5.01 Å². The molecular formula is C24H20N6OS2. The highest BCUT2D eigenvalue weighted by Gasteiger charge is 2.13. The minimum absolute atomic E-state index is 0.103. The van der Waals surface area contributed by atoms with Gasteiger partial charge in [-0.3, -0.25) is 9.78 Å². The van der Waals surface area contributed by atoms with Crippen LogP contribution in [0.5, 0.6) is 0 Å². The highest BCUT2D eigenvalue weighted by atomic mass is 32.2. The van der Waals surface area contributed by atoms with Crippen molar-refractivity contribution in [3.8, 4) is 22.0 Å². The molecule has 0 unspecified atom stereocenters. The van der Waals surface area contributed by atoms with E-state index in [0.29, 0.717) is 11.0 Å². The molecule has 7 nitrogen and oxygen atoms in total. The van der Waals surface area contributed by atoms with Crippen LogP contribution >= 0.6 is 23.1 Å². The van der Waals surface area contributed by atoms with E-state index < -0.39 is 0 Å². The topological polar surface area (TPSA) is 85.6 Å². The van der Waals surface area contributed by atoms with Gasteiger partial charge in [0.05, 0.1) is 16.0 Å². The number of pyridine rings is 1. The number of thioether (sulfide) groups is 1. The van der Waals surface area contributed by atoms with Gasteiger partial charge in [0, 0.05) is 36.3 Å². The summed E-state index contributed by atoms with van der Waals surface area (Å²) in [7, 11) is 1.88. The Labute approximate surface area is 198 Å². The lowest BCUT2D eigenvalue weighted by molar-refractivity contribution is -0.113. The lowest BCUT2D eigenvalue weighted by Gasteiger charge is -2.06. The van der Waals surface area contributed by atoms with Crippen LogP contribution < -0.4 is 5.32 Å². The molecule has 0 radical (unpaired) electrons. The van der Waals surface area contributed by atoms with Gasteiger partial charge in [-0.2, -0.15) is 0 Å². The zero-order chi connectivity index (χ0) is 22.8. The van der Waals surface area contributed by atoms with E-state index in [1.54, 1.807) is 23.7 Å². The first-order valence-corrected chi connectivity index (χ1v) is 12.1. The maximum Gasteiger partial charge on any atom is 0.234 e. The van der Waals surface area contributed by atoms with Crippen LogP contribution in [0.2, 0.25) is 0 Å². The summed E-state index contributed by atoms with van der Waals surface area (Å²) in [6.45, 7) is 2.08. The second kappa shape index (κ2) is 9.13. The number of amides is 1. The molecule has 2 aromatic carbocycles. The number of aromatic nitrogens is 5. The standard InChI is InChI=1S/C24H20N6OS2/c1-15-5-10-19-20(12-15)33-23(27-19)16-6-8-18(9-7-16)26-21(31)14-32-24-29-28-22(30(24)2)17-4-3-11-25-13-17/h3-13H,14H2,1-2H3,(H,26,31). The maximum atomic E-state index is 12.5. The Hall–Kier alpha value is -3.56. The molecular weight excluding hydrogens is 452 g/mol. The molecule has 5 aromatic rings. The molecule has 0 saturated heterocycles. The number of thiazole rings is 1. The van der Waals surface area contributed by atoms with Crippen LogP contribution in [0.1, 0.15) is 5.56 Å². The first kappa shape index (κ1) is 21.3. The number of hydrogen-bond acceptors (Lipinski definition) is 7. The summed E-state index contributed by atoms with van der Waals surface area (Å²) in [4.78, 5) is 21.3. The van der Waals surface area contributed by atoms with E-state index >= 15 is 0 Å². The van der Waals surface area contributed by atoms with Gasteiger partial charge in [0.25, 0.3) is 0 Å². The molecule has 0 saturated carbocycles. The van der Waals surface area contributed by atoms with Gasteiger partial charge in [0.2, 0.25) is 5.91 Å². The molecule has 0 aliphatic rings. The predicted molar refractivity (Wildman–Crippen MR) is 133 cm³/mol. The monoisotopic (exact) mass is 472 g/mol. The molecule has 1 N–H and O–H groups in total. The Morgan fingerprint density at radius 2 is 1.94 bits per heavy atom. The number of anilines is 1. The minimum Gasteiger partial charge on any atom is -0.325 e. The number of nitrogens with one attached hydrogen (secondary N) is 1. The fourth-order valence-electron chi connectivity index (χ4n) is 3.37. The fourth-order valence-corrected chi connectivity index (χ4v) is 5.15. The van der Waals surface area contributed by atoms with Gasteiger partial charge < -0.3 is 9.88 Å². The first-order valence-electron chi connectivity index (χ1n) is 10.3. The molecule has 0 fully saturated rings. The van der Waals surface area contributed by atoms with Crippen LogP contribution in [0.3, 0.4) is 0 Å². The Bertz CT molecular complexity index is 1430. The van der Waals surface area contributed by atoms with Gasteiger partial charge in [-0.1, -0.05) is 17.8 Å². The van der Waals surface area contributed by atoms with Crippen molar-refractivity contribution < 1.29 is 4.79 Å². The van der Waals surface area contributed by atoms with Crippen molar-refractivity contribution in [1.29, 1.82) is 0 Å². The average molecular weight is 473 g/mol. The highest BCUT2D eigenvalue weighted by molar-refractivity contribution is 7.99. The molecule has 0 spiro atoms. The summed E-state index contributed by atoms with van der Waals surface area (Å²) >= 11 is 3.01. The Morgan fingerprint density at radius 1 is 1.09 bits per heavy atom. The number of benzene rings is 2. The summed E-state index contributed by atoms with van der Waals surface area (Å²) in [6, 6.07) is 17.8.